The molecule has 0 saturated carbocycles. The Labute approximate surface area is 167 Å². The van der Waals surface area contributed by atoms with Crippen LogP contribution in [0.2, 0.25) is 5.02 Å². The summed E-state index contributed by atoms with van der Waals surface area (Å²) < 4.78 is 31.2. The van der Waals surface area contributed by atoms with Crippen LogP contribution in [0.5, 0.6) is 5.75 Å². The van der Waals surface area contributed by atoms with E-state index in [4.69, 9.17) is 16.3 Å². The molecule has 0 fully saturated rings. The fraction of sp³-hybridized carbons (Fsp3) is 0.211. The number of hydrogen-bond donors (Lipinski definition) is 0. The van der Waals surface area contributed by atoms with Crippen LogP contribution in [0.25, 0.3) is 0 Å². The van der Waals surface area contributed by atoms with Crippen LogP contribution >= 0.6 is 22.9 Å². The summed E-state index contributed by atoms with van der Waals surface area (Å²) in [4.78, 5) is 6.42. The molecule has 27 heavy (non-hydrogen) atoms. The Morgan fingerprint density at radius 1 is 1.26 bits per heavy atom. The number of hydrogen-bond acceptors (Lipinski definition) is 6. The molecule has 0 unspecified atom stereocenters. The third kappa shape index (κ3) is 3.67. The Kier molecular flexibility index (Phi) is 4.84. The van der Waals surface area contributed by atoms with E-state index in [1.165, 1.54) is 11.3 Å². The number of aryl methyl sites for hydroxylation is 1. The van der Waals surface area contributed by atoms with Crippen molar-refractivity contribution in [1.82, 2.24) is 4.98 Å². The largest absolute Gasteiger partial charge is 0.489 e. The first-order valence-corrected chi connectivity index (χ1v) is 11.3. The van der Waals surface area contributed by atoms with Crippen LogP contribution in [-0.4, -0.2) is 26.6 Å². The van der Waals surface area contributed by atoms with Gasteiger partial charge in [0, 0.05) is 28.4 Å². The van der Waals surface area contributed by atoms with Crippen molar-refractivity contribution in [2.45, 2.75) is 17.6 Å². The van der Waals surface area contributed by atoms with Crippen molar-refractivity contribution in [2.24, 2.45) is 0 Å². The van der Waals surface area contributed by atoms with E-state index < -0.39 is 9.84 Å². The molecule has 0 atom stereocenters. The molecule has 1 aromatic heterocycles. The molecular weight excluding hydrogens is 404 g/mol. The molecule has 0 bridgehead atoms. The zero-order valence-electron chi connectivity index (χ0n) is 14.6. The van der Waals surface area contributed by atoms with Crippen molar-refractivity contribution in [3.05, 3.63) is 63.6 Å². The first kappa shape index (κ1) is 18.3. The van der Waals surface area contributed by atoms with Crippen LogP contribution in [0.3, 0.4) is 0 Å². The highest BCUT2D eigenvalue weighted by atomic mass is 35.5. The minimum Gasteiger partial charge on any atom is -0.489 e. The molecule has 5 nitrogen and oxygen atoms in total. The van der Waals surface area contributed by atoms with Crippen LogP contribution in [0.4, 0.5) is 11.4 Å². The van der Waals surface area contributed by atoms with Crippen LogP contribution in [-0.2, 0) is 15.6 Å². The fourth-order valence-electron chi connectivity index (χ4n) is 3.03. The molecule has 1 aliphatic heterocycles. The summed E-state index contributed by atoms with van der Waals surface area (Å²) in [6, 6.07) is 10.9. The number of thiazole rings is 1. The Morgan fingerprint density at radius 2 is 2.11 bits per heavy atom. The van der Waals surface area contributed by atoms with E-state index in [9.17, 15) is 8.42 Å². The van der Waals surface area contributed by atoms with Crippen molar-refractivity contribution in [1.29, 1.82) is 0 Å². The molecule has 3 aromatic rings. The highest BCUT2D eigenvalue weighted by molar-refractivity contribution is 7.90. The number of benzene rings is 2. The maximum atomic E-state index is 12.7. The van der Waals surface area contributed by atoms with E-state index in [1.807, 2.05) is 25.1 Å². The zero-order chi connectivity index (χ0) is 19.0. The van der Waals surface area contributed by atoms with Gasteiger partial charge < -0.3 is 9.64 Å². The predicted octanol–water partition coefficient (Wildman–Crippen LogP) is 4.61. The number of sulfone groups is 1. The lowest BCUT2D eigenvalue weighted by molar-refractivity contribution is 0.313. The van der Waals surface area contributed by atoms with Gasteiger partial charge in [0.25, 0.3) is 0 Å². The van der Waals surface area contributed by atoms with E-state index in [2.05, 4.69) is 9.88 Å². The molecule has 0 spiro atoms. The molecule has 2 aromatic carbocycles. The molecule has 140 valence electrons. The minimum atomic E-state index is -3.48. The summed E-state index contributed by atoms with van der Waals surface area (Å²) in [5.41, 5.74) is 2.83. The molecule has 0 saturated heterocycles. The second kappa shape index (κ2) is 7.14. The van der Waals surface area contributed by atoms with E-state index in [1.54, 1.807) is 29.8 Å². The summed E-state index contributed by atoms with van der Waals surface area (Å²) >= 11 is 7.47. The molecule has 0 radical (unpaired) electrons. The van der Waals surface area contributed by atoms with Gasteiger partial charge in [0.1, 0.15) is 23.1 Å². The van der Waals surface area contributed by atoms with Crippen molar-refractivity contribution < 1.29 is 13.2 Å². The molecule has 8 heteroatoms. The Hall–Kier alpha value is -2.09. The quantitative estimate of drug-likeness (QED) is 0.616. The molecule has 0 amide bonds. The monoisotopic (exact) mass is 420 g/mol. The van der Waals surface area contributed by atoms with Crippen molar-refractivity contribution in [2.75, 3.05) is 18.1 Å². The number of halogens is 1. The Morgan fingerprint density at radius 3 is 2.85 bits per heavy atom. The summed E-state index contributed by atoms with van der Waals surface area (Å²) in [5, 5.41) is 3.06. The summed E-state index contributed by atoms with van der Waals surface area (Å²) in [6.45, 7) is 3.12. The van der Waals surface area contributed by atoms with Crippen LogP contribution in [0, 0.1) is 6.92 Å². The fourth-order valence-corrected chi connectivity index (χ4v) is 5.41. The van der Waals surface area contributed by atoms with E-state index >= 15 is 0 Å². The van der Waals surface area contributed by atoms with E-state index in [0.717, 1.165) is 22.0 Å². The maximum absolute atomic E-state index is 12.7. The lowest BCUT2D eigenvalue weighted by Crippen LogP contribution is -2.28. The topological polar surface area (TPSA) is 59.5 Å². The number of ether oxygens (including phenoxy) is 1. The number of anilines is 2. The third-order valence-corrected chi connectivity index (χ3v) is 7.42. The van der Waals surface area contributed by atoms with Gasteiger partial charge in [-0.3, -0.25) is 0 Å². The van der Waals surface area contributed by atoms with Crippen LogP contribution in [0.15, 0.2) is 52.9 Å². The van der Waals surface area contributed by atoms with Gasteiger partial charge in [-0.2, -0.15) is 0 Å². The van der Waals surface area contributed by atoms with E-state index in [0.29, 0.717) is 23.9 Å². The average Bonchev–Trinajstić information content (AvgIpc) is 3.15. The van der Waals surface area contributed by atoms with Gasteiger partial charge in [-0.1, -0.05) is 11.6 Å². The Bertz CT molecular complexity index is 1080. The molecular formula is C19H17ClN2O3S2. The van der Waals surface area contributed by atoms with E-state index in [-0.39, 0.29) is 10.6 Å². The van der Waals surface area contributed by atoms with Gasteiger partial charge in [-0.05, 0) is 42.8 Å². The molecule has 4 rings (SSSR count). The SMILES string of the molecule is Cc1cc(N2CCOc3cc(S(=O)(=O)Cc4nccs4)ccc32)ccc1Cl. The second-order valence-corrected chi connectivity index (χ2v) is 9.62. The third-order valence-electron chi connectivity index (χ3n) is 4.40. The highest BCUT2D eigenvalue weighted by Crippen LogP contribution is 2.39. The normalized spacial score (nSPS) is 13.9. The summed E-state index contributed by atoms with van der Waals surface area (Å²) in [7, 11) is -3.48. The lowest BCUT2D eigenvalue weighted by atomic mass is 10.1. The van der Waals surface area contributed by atoms with Crippen molar-refractivity contribution in [3.8, 4) is 5.75 Å². The maximum Gasteiger partial charge on any atom is 0.185 e. The first-order valence-electron chi connectivity index (χ1n) is 8.36. The molecule has 1 aliphatic rings. The number of fused-ring (bicyclic) bond motifs is 1. The van der Waals surface area contributed by atoms with Gasteiger partial charge in [0.15, 0.2) is 9.84 Å². The molecule has 2 heterocycles. The van der Waals surface area contributed by atoms with Crippen molar-refractivity contribution in [3.63, 3.8) is 0 Å². The molecule has 0 aliphatic carbocycles. The number of nitrogens with zero attached hydrogens (tertiary/aromatic N) is 2. The van der Waals surface area contributed by atoms with Crippen LogP contribution < -0.4 is 9.64 Å². The molecule has 0 N–H and O–H groups in total. The van der Waals surface area contributed by atoms with Crippen LogP contribution in [0.1, 0.15) is 10.6 Å². The number of aromatic nitrogens is 1. The van der Waals surface area contributed by atoms with Gasteiger partial charge >= 0.3 is 0 Å². The standard InChI is InChI=1S/C19H17ClN2O3S2/c1-13-10-14(2-4-16(13)20)22-7-8-25-18-11-15(3-5-17(18)22)27(23,24)12-19-21-6-9-26-19/h2-6,9-11H,7-8,12H2,1H3. The second-order valence-electron chi connectivity index (χ2n) is 6.25. The smallest absolute Gasteiger partial charge is 0.185 e. The zero-order valence-corrected chi connectivity index (χ0v) is 16.9. The summed E-state index contributed by atoms with van der Waals surface area (Å²) in [6.07, 6.45) is 1.61. The van der Waals surface area contributed by atoms with Crippen molar-refractivity contribution >= 4 is 44.1 Å². The van der Waals surface area contributed by atoms with Gasteiger partial charge in [-0.25, -0.2) is 13.4 Å². The first-order chi connectivity index (χ1) is 12.9. The van der Waals surface area contributed by atoms with Gasteiger partial charge in [0.05, 0.1) is 17.1 Å². The lowest BCUT2D eigenvalue weighted by Gasteiger charge is -2.32. The summed E-state index contributed by atoms with van der Waals surface area (Å²) in [5.74, 6) is 0.456. The highest BCUT2D eigenvalue weighted by Gasteiger charge is 2.24. The predicted molar refractivity (Wildman–Crippen MR) is 108 cm³/mol. The van der Waals surface area contributed by atoms with Gasteiger partial charge in [-0.15, -0.1) is 11.3 Å². The van der Waals surface area contributed by atoms with Gasteiger partial charge in [0.2, 0.25) is 0 Å². The number of rotatable bonds is 4. The average molecular weight is 421 g/mol. The minimum absolute atomic E-state index is 0.108. The Balaban J connectivity index is 1.68.